The number of carbonyl (C=O) groups excluding carboxylic acids is 6. The molecule has 0 radical (unpaired) electrons. The predicted octanol–water partition coefficient (Wildman–Crippen LogP) is -3.46. The molecule has 410 valence electrons. The molecule has 0 aliphatic carbocycles. The van der Waals surface area contributed by atoms with Crippen molar-refractivity contribution in [3.63, 3.8) is 0 Å². The summed E-state index contributed by atoms with van der Waals surface area (Å²) in [6.07, 6.45) is 0.750. The second kappa shape index (κ2) is 39.8. The first-order valence-electron chi connectivity index (χ1n) is 25.6. The van der Waals surface area contributed by atoms with Crippen LogP contribution in [0.4, 0.5) is 0 Å². The van der Waals surface area contributed by atoms with Crippen LogP contribution in [0.5, 0.6) is 0 Å². The summed E-state index contributed by atoms with van der Waals surface area (Å²) in [7, 11) is 0. The summed E-state index contributed by atoms with van der Waals surface area (Å²) in [5.41, 5.74) is 68.3. The third-order valence-corrected chi connectivity index (χ3v) is 12.6. The molecule has 70 heavy (non-hydrogen) atoms. The molecule has 0 amide bonds. The standard InChI is InChI=1S/C46H100N18O6/c1-4-29(11-5-17-59-41(47)48)35(65)23-30(12-6-18-60-42(49)50)36(66)24-31(13-7-19-61-43(51)52)37(67)25-32(14-8-20-62-44(53)54)38(68)26-33(15-9-21-63-45(55)56)39(69)27-34(40(70)28(2)3)16-10-22-64-46(57)58/h28-34,41-46,59-64H,4-27,47-58H2,1-3H3. The zero-order chi connectivity index (χ0) is 53.2. The Labute approximate surface area is 418 Å². The highest BCUT2D eigenvalue weighted by Crippen LogP contribution is 2.30. The van der Waals surface area contributed by atoms with Gasteiger partial charge in [-0.25, -0.2) is 0 Å². The number of Topliss-reactive ketones (excluding diaryl/α,β-unsaturated/α-hetero) is 6. The lowest BCUT2D eigenvalue weighted by molar-refractivity contribution is -0.136. The van der Waals surface area contributed by atoms with Crippen LogP contribution in [-0.4, -0.2) is 112 Å². The smallest absolute Gasteiger partial charge is 0.138 e. The van der Waals surface area contributed by atoms with Crippen LogP contribution >= 0.6 is 0 Å². The quantitative estimate of drug-likeness (QED) is 0.0208. The summed E-state index contributed by atoms with van der Waals surface area (Å²) >= 11 is 0. The molecule has 6 atom stereocenters. The molecule has 0 heterocycles. The van der Waals surface area contributed by atoms with Crippen molar-refractivity contribution >= 4 is 34.7 Å². The SMILES string of the molecule is CCC(CCCNC(N)N)C(=O)CC(CCCNC(N)N)C(=O)CC(CCCNC(N)N)C(=O)CC(CCCNC(N)N)C(=O)CC(CCCNC(N)N)C(=O)CC(CCCNC(N)N)C(=O)C(C)C. The fraction of sp³-hybridized carbons (Fsp3) is 0.870. The molecule has 24 nitrogen and oxygen atoms in total. The van der Waals surface area contributed by atoms with Crippen LogP contribution in [0.3, 0.4) is 0 Å². The van der Waals surface area contributed by atoms with Crippen molar-refractivity contribution in [2.75, 3.05) is 39.3 Å². The van der Waals surface area contributed by atoms with Crippen LogP contribution in [0.25, 0.3) is 0 Å². The Morgan fingerprint density at radius 2 is 0.500 bits per heavy atom. The maximum absolute atomic E-state index is 14.6. The normalized spacial score (nSPS) is 14.8. The van der Waals surface area contributed by atoms with Crippen LogP contribution in [0.15, 0.2) is 0 Å². The number of ketones is 6. The first kappa shape index (κ1) is 67.3. The lowest BCUT2D eigenvalue weighted by Crippen LogP contribution is -2.45. The summed E-state index contributed by atoms with van der Waals surface area (Å²) in [6.45, 7) is 8.00. The van der Waals surface area contributed by atoms with E-state index < -0.39 is 67.3 Å². The fourth-order valence-corrected chi connectivity index (χ4v) is 8.67. The van der Waals surface area contributed by atoms with Gasteiger partial charge in [0.1, 0.15) is 72.4 Å². The number of rotatable bonds is 48. The van der Waals surface area contributed by atoms with E-state index in [4.69, 9.17) is 68.8 Å². The molecule has 0 aromatic heterocycles. The Morgan fingerprint density at radius 3 is 0.700 bits per heavy atom. The van der Waals surface area contributed by atoms with Gasteiger partial charge < -0.3 is 68.8 Å². The van der Waals surface area contributed by atoms with Crippen LogP contribution in [0.2, 0.25) is 0 Å². The van der Waals surface area contributed by atoms with Crippen molar-refractivity contribution in [1.29, 1.82) is 0 Å². The van der Waals surface area contributed by atoms with Crippen LogP contribution in [0, 0.1) is 41.4 Å². The molecule has 0 fully saturated rings. The van der Waals surface area contributed by atoms with E-state index in [1.54, 1.807) is 13.8 Å². The molecule has 0 spiro atoms. The molecule has 0 aromatic carbocycles. The maximum atomic E-state index is 14.6. The second-order valence-corrected chi connectivity index (χ2v) is 19.2. The van der Waals surface area contributed by atoms with Crippen molar-refractivity contribution in [3.8, 4) is 0 Å². The van der Waals surface area contributed by atoms with E-state index in [2.05, 4.69) is 31.9 Å². The average molecular weight is 1000 g/mol. The van der Waals surface area contributed by atoms with Crippen LogP contribution < -0.4 is 101 Å². The molecule has 24 heteroatoms. The lowest BCUT2D eigenvalue weighted by Gasteiger charge is -2.25. The Balaban J connectivity index is 6.83. The van der Waals surface area contributed by atoms with Crippen molar-refractivity contribution in [2.45, 2.75) is 174 Å². The number of hydrogen-bond donors (Lipinski definition) is 18. The third-order valence-electron chi connectivity index (χ3n) is 12.6. The maximum Gasteiger partial charge on any atom is 0.138 e. The molecule has 0 saturated carbocycles. The van der Waals surface area contributed by atoms with E-state index in [-0.39, 0.29) is 91.5 Å². The van der Waals surface area contributed by atoms with E-state index in [1.165, 1.54) is 0 Å². The van der Waals surface area contributed by atoms with E-state index in [0.717, 1.165) is 0 Å². The monoisotopic (exact) mass is 1000 g/mol. The number of nitrogens with one attached hydrogen (secondary N) is 6. The Bertz CT molecular complexity index is 1460. The predicted molar refractivity (Wildman–Crippen MR) is 276 cm³/mol. The van der Waals surface area contributed by atoms with Gasteiger partial charge in [0.05, 0.1) is 0 Å². The van der Waals surface area contributed by atoms with E-state index >= 15 is 0 Å². The summed E-state index contributed by atoms with van der Waals surface area (Å²) in [5.74, 6) is -5.39. The molecule has 0 aliphatic heterocycles. The van der Waals surface area contributed by atoms with E-state index in [0.29, 0.717) is 110 Å². The summed E-state index contributed by atoms with van der Waals surface area (Å²) in [4.78, 5) is 85.1. The van der Waals surface area contributed by atoms with Gasteiger partial charge in [-0.1, -0.05) is 20.8 Å². The highest BCUT2D eigenvalue weighted by molar-refractivity contribution is 5.96. The van der Waals surface area contributed by atoms with Crippen molar-refractivity contribution in [3.05, 3.63) is 0 Å². The summed E-state index contributed by atoms with van der Waals surface area (Å²) in [6, 6.07) is 0. The number of nitrogens with two attached hydrogens (primary N) is 12. The lowest BCUT2D eigenvalue weighted by atomic mass is 9.78. The van der Waals surface area contributed by atoms with Gasteiger partial charge in [0, 0.05) is 73.5 Å². The van der Waals surface area contributed by atoms with Crippen molar-refractivity contribution < 1.29 is 28.8 Å². The molecular formula is C46H100N18O6. The third kappa shape index (κ3) is 33.9. The molecule has 0 saturated heterocycles. The minimum Gasteiger partial charge on any atom is -0.304 e. The van der Waals surface area contributed by atoms with Crippen molar-refractivity contribution in [2.24, 2.45) is 110 Å². The first-order valence-corrected chi connectivity index (χ1v) is 25.6. The zero-order valence-corrected chi connectivity index (χ0v) is 42.9. The highest BCUT2D eigenvalue weighted by atomic mass is 16.2. The van der Waals surface area contributed by atoms with Crippen LogP contribution in [-0.2, 0) is 28.8 Å². The average Bonchev–Trinajstić information content (AvgIpc) is 3.27. The molecule has 6 unspecified atom stereocenters. The van der Waals surface area contributed by atoms with Crippen LogP contribution in [0.1, 0.15) is 136 Å². The summed E-state index contributed by atoms with van der Waals surface area (Å²) < 4.78 is 0. The Kier molecular flexibility index (Phi) is 38.2. The largest absolute Gasteiger partial charge is 0.304 e. The van der Waals surface area contributed by atoms with Gasteiger partial charge in [0.15, 0.2) is 0 Å². The second-order valence-electron chi connectivity index (χ2n) is 19.2. The molecule has 0 rings (SSSR count). The van der Waals surface area contributed by atoms with Gasteiger partial charge in [-0.05, 0) is 123 Å². The highest BCUT2D eigenvalue weighted by Gasteiger charge is 2.34. The summed E-state index contributed by atoms with van der Waals surface area (Å²) in [5, 5.41) is 17.6. The van der Waals surface area contributed by atoms with Gasteiger partial charge in [0.2, 0.25) is 0 Å². The van der Waals surface area contributed by atoms with E-state index in [9.17, 15) is 28.8 Å². The van der Waals surface area contributed by atoms with Gasteiger partial charge in [-0.3, -0.25) is 60.7 Å². The molecule has 0 aliphatic rings. The Morgan fingerprint density at radius 1 is 0.314 bits per heavy atom. The first-order chi connectivity index (χ1) is 33.0. The number of carbonyl (C=O) groups is 6. The fourth-order valence-electron chi connectivity index (χ4n) is 8.67. The Hall–Kier alpha value is -2.70. The molecule has 0 aromatic rings. The van der Waals surface area contributed by atoms with Gasteiger partial charge in [0.25, 0.3) is 0 Å². The minimum atomic E-state index is -0.820. The minimum absolute atomic E-state index is 0.00225. The van der Waals surface area contributed by atoms with Gasteiger partial charge >= 0.3 is 0 Å². The van der Waals surface area contributed by atoms with Gasteiger partial charge in [-0.2, -0.15) is 0 Å². The number of hydrogen-bond acceptors (Lipinski definition) is 24. The van der Waals surface area contributed by atoms with E-state index in [1.807, 2.05) is 6.92 Å². The topological polar surface area (TPSA) is 487 Å². The van der Waals surface area contributed by atoms with Crippen molar-refractivity contribution in [1.82, 2.24) is 31.9 Å². The molecular weight excluding hydrogens is 901 g/mol. The molecule has 30 N–H and O–H groups in total. The van der Waals surface area contributed by atoms with Gasteiger partial charge in [-0.15, -0.1) is 0 Å². The zero-order valence-electron chi connectivity index (χ0n) is 42.9. The molecule has 0 bridgehead atoms.